The Morgan fingerprint density at radius 1 is 1.08 bits per heavy atom. The number of hydrogen-bond donors (Lipinski definition) is 3. The van der Waals surface area contributed by atoms with Crippen LogP contribution in [0.3, 0.4) is 0 Å². The molecule has 0 unspecified atom stereocenters. The van der Waals surface area contributed by atoms with Gasteiger partial charge in [-0.15, -0.1) is 0 Å². The number of nitrogens with zero attached hydrogens (tertiary/aromatic N) is 2. The number of aromatic hydroxyl groups is 1. The fraction of sp³-hybridized carbons (Fsp3) is 0.269. The van der Waals surface area contributed by atoms with Gasteiger partial charge in [0.25, 0.3) is 0 Å². The van der Waals surface area contributed by atoms with Crippen molar-refractivity contribution in [1.29, 1.82) is 0 Å². The summed E-state index contributed by atoms with van der Waals surface area (Å²) in [5, 5.41) is 19.4. The standard InChI is InChI=1S/C26H29N3O6S/c1-3-22(32)29(15-18(2)16-30)14-13-28(26(34)35-17-19-7-5-4-6-8-19)12-11-20-9-10-21(31)23-24(20)36-25(33)27-23/h3-10,30-31H,1-2,11-17H2,(H,27,33). The molecule has 1 aromatic heterocycles. The third kappa shape index (κ3) is 7.06. The fourth-order valence-corrected chi connectivity index (χ4v) is 4.49. The summed E-state index contributed by atoms with van der Waals surface area (Å²) < 4.78 is 6.15. The Balaban J connectivity index is 1.76. The molecule has 36 heavy (non-hydrogen) atoms. The number of hydrogen-bond acceptors (Lipinski definition) is 7. The summed E-state index contributed by atoms with van der Waals surface area (Å²) in [5.41, 5.74) is 2.45. The van der Waals surface area contributed by atoms with Crippen LogP contribution in [0, 0.1) is 0 Å². The molecule has 0 aliphatic rings. The number of carbonyl (C=O) groups excluding carboxylic acids is 2. The number of amides is 2. The maximum atomic E-state index is 13.0. The molecule has 0 radical (unpaired) electrons. The van der Waals surface area contributed by atoms with Crippen molar-refractivity contribution in [2.45, 2.75) is 13.0 Å². The average Bonchev–Trinajstić information content (AvgIpc) is 3.30. The predicted molar refractivity (Wildman–Crippen MR) is 139 cm³/mol. The van der Waals surface area contributed by atoms with Crippen molar-refractivity contribution in [1.82, 2.24) is 14.8 Å². The van der Waals surface area contributed by atoms with Gasteiger partial charge in [-0.25, -0.2) is 4.79 Å². The van der Waals surface area contributed by atoms with Crippen molar-refractivity contribution in [3.8, 4) is 5.75 Å². The molecule has 2 aromatic carbocycles. The number of aromatic nitrogens is 1. The number of aromatic amines is 1. The van der Waals surface area contributed by atoms with E-state index in [1.807, 2.05) is 30.3 Å². The molecule has 190 valence electrons. The van der Waals surface area contributed by atoms with Gasteiger partial charge >= 0.3 is 11.0 Å². The topological polar surface area (TPSA) is 123 Å². The third-order valence-electron chi connectivity index (χ3n) is 5.52. The van der Waals surface area contributed by atoms with E-state index in [2.05, 4.69) is 18.1 Å². The Kier molecular flexibility index (Phi) is 9.43. The number of phenolic OH excluding ortho intramolecular Hbond substituents is 1. The molecule has 3 rings (SSSR count). The number of fused-ring (bicyclic) bond motifs is 1. The number of H-pyrrole nitrogens is 1. The van der Waals surface area contributed by atoms with Gasteiger partial charge in [-0.05, 0) is 35.3 Å². The number of carbonyl (C=O) groups is 2. The highest BCUT2D eigenvalue weighted by Crippen LogP contribution is 2.28. The minimum atomic E-state index is -0.553. The molecule has 0 saturated carbocycles. The number of aliphatic hydroxyl groups is 1. The Bertz CT molecular complexity index is 1280. The zero-order valence-electron chi connectivity index (χ0n) is 19.8. The minimum absolute atomic E-state index is 0.0195. The maximum Gasteiger partial charge on any atom is 0.410 e. The lowest BCUT2D eigenvalue weighted by Gasteiger charge is -2.27. The van der Waals surface area contributed by atoms with E-state index in [0.717, 1.165) is 22.5 Å². The zero-order valence-corrected chi connectivity index (χ0v) is 20.6. The van der Waals surface area contributed by atoms with E-state index in [9.17, 15) is 24.6 Å². The van der Waals surface area contributed by atoms with E-state index in [1.165, 1.54) is 21.9 Å². The van der Waals surface area contributed by atoms with Crippen LogP contribution in [0.25, 0.3) is 10.2 Å². The lowest BCUT2D eigenvalue weighted by molar-refractivity contribution is -0.125. The summed E-state index contributed by atoms with van der Waals surface area (Å²) in [6.07, 6.45) is 1.01. The average molecular weight is 512 g/mol. The summed E-state index contributed by atoms with van der Waals surface area (Å²) in [6.45, 7) is 7.80. The van der Waals surface area contributed by atoms with Crippen LogP contribution in [0.2, 0.25) is 0 Å². The van der Waals surface area contributed by atoms with Crippen molar-refractivity contribution in [2.24, 2.45) is 0 Å². The van der Waals surface area contributed by atoms with Gasteiger partial charge in [0.2, 0.25) is 5.91 Å². The second-order valence-corrected chi connectivity index (χ2v) is 9.09. The van der Waals surface area contributed by atoms with Crippen molar-refractivity contribution >= 4 is 33.6 Å². The molecule has 0 spiro atoms. The number of phenols is 1. The van der Waals surface area contributed by atoms with E-state index in [-0.39, 0.29) is 55.9 Å². The van der Waals surface area contributed by atoms with Gasteiger partial charge < -0.3 is 29.7 Å². The summed E-state index contributed by atoms with van der Waals surface area (Å²) in [5.74, 6) is -0.367. The van der Waals surface area contributed by atoms with Crippen LogP contribution in [0.4, 0.5) is 4.79 Å². The molecular weight excluding hydrogens is 482 g/mol. The van der Waals surface area contributed by atoms with Gasteiger partial charge in [-0.3, -0.25) is 9.59 Å². The third-order valence-corrected chi connectivity index (χ3v) is 6.48. The molecule has 0 saturated heterocycles. The molecule has 9 nitrogen and oxygen atoms in total. The summed E-state index contributed by atoms with van der Waals surface area (Å²) >= 11 is 0.992. The number of ether oxygens (including phenoxy) is 1. The number of rotatable bonds is 12. The lowest BCUT2D eigenvalue weighted by Crippen LogP contribution is -2.42. The summed E-state index contributed by atoms with van der Waals surface area (Å²) in [6, 6.07) is 12.5. The Morgan fingerprint density at radius 2 is 1.81 bits per heavy atom. The normalized spacial score (nSPS) is 10.7. The van der Waals surface area contributed by atoms with Crippen LogP contribution in [-0.2, 0) is 22.6 Å². The molecule has 10 heteroatoms. The van der Waals surface area contributed by atoms with E-state index in [4.69, 9.17) is 4.74 Å². The molecule has 0 aliphatic carbocycles. The van der Waals surface area contributed by atoms with Crippen molar-refractivity contribution in [2.75, 3.05) is 32.8 Å². The van der Waals surface area contributed by atoms with Gasteiger partial charge in [-0.1, -0.05) is 60.9 Å². The van der Waals surface area contributed by atoms with Gasteiger partial charge in [0.1, 0.15) is 17.9 Å². The molecule has 1 heterocycles. The first-order valence-corrected chi connectivity index (χ1v) is 12.1. The van der Waals surface area contributed by atoms with E-state index >= 15 is 0 Å². The van der Waals surface area contributed by atoms with Crippen LogP contribution in [-0.4, -0.2) is 69.8 Å². The second-order valence-electron chi connectivity index (χ2n) is 8.11. The zero-order chi connectivity index (χ0) is 26.1. The van der Waals surface area contributed by atoms with Gasteiger partial charge in [0.15, 0.2) is 0 Å². The molecule has 3 N–H and O–H groups in total. The molecule has 0 fully saturated rings. The first-order valence-electron chi connectivity index (χ1n) is 11.3. The monoisotopic (exact) mass is 511 g/mol. The first-order chi connectivity index (χ1) is 17.3. The molecule has 0 aliphatic heterocycles. The van der Waals surface area contributed by atoms with Crippen LogP contribution < -0.4 is 4.87 Å². The van der Waals surface area contributed by atoms with Gasteiger partial charge in [0, 0.05) is 26.2 Å². The number of nitrogens with one attached hydrogen (secondary N) is 1. The molecule has 0 atom stereocenters. The van der Waals surface area contributed by atoms with Crippen LogP contribution in [0.5, 0.6) is 5.75 Å². The largest absolute Gasteiger partial charge is 0.506 e. The van der Waals surface area contributed by atoms with Crippen LogP contribution >= 0.6 is 11.3 Å². The van der Waals surface area contributed by atoms with Crippen LogP contribution in [0.1, 0.15) is 11.1 Å². The minimum Gasteiger partial charge on any atom is -0.506 e. The van der Waals surface area contributed by atoms with E-state index < -0.39 is 6.09 Å². The SMILES string of the molecule is C=CC(=O)N(CCN(CCc1ccc(O)c2[nH]c(=O)sc12)C(=O)OCc1ccccc1)CC(=C)CO. The Labute approximate surface area is 212 Å². The number of benzene rings is 2. The summed E-state index contributed by atoms with van der Waals surface area (Å²) in [7, 11) is 0. The van der Waals surface area contributed by atoms with Crippen LogP contribution in [0.15, 0.2) is 72.1 Å². The smallest absolute Gasteiger partial charge is 0.410 e. The predicted octanol–water partition coefficient (Wildman–Crippen LogP) is 3.04. The van der Waals surface area contributed by atoms with Gasteiger partial charge in [0.05, 0.1) is 11.3 Å². The molecular formula is C26H29N3O6S. The lowest BCUT2D eigenvalue weighted by atomic mass is 10.1. The van der Waals surface area contributed by atoms with Crippen molar-refractivity contribution in [3.05, 3.63) is 88.1 Å². The Morgan fingerprint density at radius 3 is 2.50 bits per heavy atom. The first kappa shape index (κ1) is 26.7. The highest BCUT2D eigenvalue weighted by Gasteiger charge is 2.20. The highest BCUT2D eigenvalue weighted by atomic mass is 32.1. The van der Waals surface area contributed by atoms with Crippen molar-refractivity contribution in [3.63, 3.8) is 0 Å². The fourth-order valence-electron chi connectivity index (χ4n) is 3.59. The van der Waals surface area contributed by atoms with E-state index in [0.29, 0.717) is 22.2 Å². The van der Waals surface area contributed by atoms with E-state index in [1.54, 1.807) is 6.07 Å². The van der Waals surface area contributed by atoms with Crippen molar-refractivity contribution < 1.29 is 24.5 Å². The highest BCUT2D eigenvalue weighted by molar-refractivity contribution is 7.16. The summed E-state index contributed by atoms with van der Waals surface area (Å²) in [4.78, 5) is 42.4. The quantitative estimate of drug-likeness (QED) is 0.254. The number of thiazole rings is 1. The molecule has 0 bridgehead atoms. The Hall–Kier alpha value is -3.89. The number of aliphatic hydroxyl groups excluding tert-OH is 1. The molecule has 3 aromatic rings. The van der Waals surface area contributed by atoms with Gasteiger partial charge in [-0.2, -0.15) is 0 Å². The molecule has 2 amide bonds. The maximum absolute atomic E-state index is 13.0. The second kappa shape index (κ2) is 12.7.